The maximum atomic E-state index is 6.85. The van der Waals surface area contributed by atoms with Gasteiger partial charge in [-0.05, 0) is 132 Å². The van der Waals surface area contributed by atoms with Gasteiger partial charge in [-0.25, -0.2) is 0 Å². The van der Waals surface area contributed by atoms with Gasteiger partial charge in [-0.15, -0.1) is 0 Å². The third-order valence-electron chi connectivity index (χ3n) is 12.4. The number of hydrogen-bond donors (Lipinski definition) is 0. The first kappa shape index (κ1) is 35.7. The predicted molar refractivity (Wildman–Crippen MR) is 263 cm³/mol. The van der Waals surface area contributed by atoms with Crippen molar-refractivity contribution in [1.29, 1.82) is 0 Å². The molecule has 290 valence electrons. The Morgan fingerprint density at radius 1 is 0.258 bits per heavy atom. The average Bonchev–Trinajstić information content (AvgIpc) is 3.72. The number of anilines is 3. The summed E-state index contributed by atoms with van der Waals surface area (Å²) in [6.07, 6.45) is 0. The summed E-state index contributed by atoms with van der Waals surface area (Å²) in [4.78, 5) is 2.38. The van der Waals surface area contributed by atoms with Crippen LogP contribution in [-0.2, 0) is 0 Å². The molecule has 0 aliphatic carbocycles. The van der Waals surface area contributed by atoms with Gasteiger partial charge in [-0.1, -0.05) is 170 Å². The molecular weight excluding hydrogens is 751 g/mol. The van der Waals surface area contributed by atoms with Crippen LogP contribution in [-0.4, -0.2) is 0 Å². The molecule has 62 heavy (non-hydrogen) atoms. The molecule has 0 saturated carbocycles. The molecule has 1 heterocycles. The van der Waals surface area contributed by atoms with Gasteiger partial charge in [0.1, 0.15) is 11.2 Å². The molecule has 12 aromatic rings. The second-order valence-electron chi connectivity index (χ2n) is 16.2. The van der Waals surface area contributed by atoms with Gasteiger partial charge in [0.05, 0.1) is 0 Å². The monoisotopic (exact) mass is 789 g/mol. The standard InChI is InChI=1S/C60H39NO/c1-2-14-44(15-3-1)56-19-10-20-58-57-32-31-54(39-59(57)62-60(56)58)61(53-29-27-43(28-30-53)48-24-21-40-11-4-7-16-45(40)33-48)55-37-51(49-25-22-41-12-5-8-17-46(41)34-49)36-52(38-55)50-26-23-42-13-6-9-18-47(42)35-50/h1-39H. The van der Waals surface area contributed by atoms with Crippen LogP contribution in [0, 0.1) is 0 Å². The molecule has 0 unspecified atom stereocenters. The van der Waals surface area contributed by atoms with Crippen LogP contribution >= 0.6 is 0 Å². The highest BCUT2D eigenvalue weighted by Crippen LogP contribution is 2.44. The number of furan rings is 1. The van der Waals surface area contributed by atoms with Crippen LogP contribution in [0.1, 0.15) is 0 Å². The minimum atomic E-state index is 0.846. The van der Waals surface area contributed by atoms with Crippen molar-refractivity contribution >= 4 is 71.3 Å². The lowest BCUT2D eigenvalue weighted by molar-refractivity contribution is 0.670. The first-order chi connectivity index (χ1) is 30.7. The normalized spacial score (nSPS) is 11.5. The molecule has 11 aromatic carbocycles. The predicted octanol–water partition coefficient (Wildman–Crippen LogP) is 17.2. The molecule has 0 N–H and O–H groups in total. The topological polar surface area (TPSA) is 16.4 Å². The lowest BCUT2D eigenvalue weighted by Gasteiger charge is -2.27. The molecule has 0 atom stereocenters. The van der Waals surface area contributed by atoms with E-state index in [1.807, 2.05) is 0 Å². The van der Waals surface area contributed by atoms with Crippen molar-refractivity contribution in [3.63, 3.8) is 0 Å². The molecule has 2 nitrogen and oxygen atoms in total. The minimum Gasteiger partial charge on any atom is -0.455 e. The van der Waals surface area contributed by atoms with Gasteiger partial charge in [-0.3, -0.25) is 0 Å². The zero-order valence-corrected chi connectivity index (χ0v) is 33.9. The second-order valence-corrected chi connectivity index (χ2v) is 16.2. The highest BCUT2D eigenvalue weighted by Gasteiger charge is 2.20. The summed E-state index contributed by atoms with van der Waals surface area (Å²) < 4.78 is 6.85. The maximum Gasteiger partial charge on any atom is 0.143 e. The molecule has 1 aromatic heterocycles. The van der Waals surface area contributed by atoms with Gasteiger partial charge in [0.15, 0.2) is 0 Å². The minimum absolute atomic E-state index is 0.846. The average molecular weight is 790 g/mol. The van der Waals surface area contributed by atoms with Crippen molar-refractivity contribution in [2.24, 2.45) is 0 Å². The van der Waals surface area contributed by atoms with Gasteiger partial charge in [0, 0.05) is 39.5 Å². The Kier molecular flexibility index (Phi) is 8.53. The number of benzene rings is 11. The molecule has 0 saturated heterocycles. The summed E-state index contributed by atoms with van der Waals surface area (Å²) >= 11 is 0. The Balaban J connectivity index is 1.06. The Bertz CT molecular complexity index is 3540. The summed E-state index contributed by atoms with van der Waals surface area (Å²) in [5.41, 5.74) is 14.1. The lowest BCUT2D eigenvalue weighted by Crippen LogP contribution is -2.10. The molecule has 2 heteroatoms. The van der Waals surface area contributed by atoms with Gasteiger partial charge in [-0.2, -0.15) is 0 Å². The van der Waals surface area contributed by atoms with Gasteiger partial charge in [0.2, 0.25) is 0 Å². The van der Waals surface area contributed by atoms with E-state index in [1.54, 1.807) is 0 Å². The largest absolute Gasteiger partial charge is 0.455 e. The van der Waals surface area contributed by atoms with Crippen molar-refractivity contribution in [2.75, 3.05) is 4.90 Å². The zero-order chi connectivity index (χ0) is 41.0. The Hall–Kier alpha value is -8.20. The van der Waals surface area contributed by atoms with Gasteiger partial charge >= 0.3 is 0 Å². The van der Waals surface area contributed by atoms with E-state index < -0.39 is 0 Å². The third kappa shape index (κ3) is 6.38. The summed E-state index contributed by atoms with van der Waals surface area (Å²) in [7, 11) is 0. The highest BCUT2D eigenvalue weighted by atomic mass is 16.3. The smallest absolute Gasteiger partial charge is 0.143 e. The molecule has 12 rings (SSSR count). The Morgan fingerprint density at radius 3 is 1.34 bits per heavy atom. The van der Waals surface area contributed by atoms with Crippen LogP contribution in [0.2, 0.25) is 0 Å². The van der Waals surface area contributed by atoms with Crippen molar-refractivity contribution < 1.29 is 4.42 Å². The molecule has 0 aliphatic rings. The lowest BCUT2D eigenvalue weighted by atomic mass is 9.94. The fraction of sp³-hybridized carbons (Fsp3) is 0. The van der Waals surface area contributed by atoms with Gasteiger partial charge in [0.25, 0.3) is 0 Å². The summed E-state index contributed by atoms with van der Waals surface area (Å²) in [6, 6.07) is 85.6. The van der Waals surface area contributed by atoms with E-state index in [-0.39, 0.29) is 0 Å². The molecule has 0 fully saturated rings. The first-order valence-corrected chi connectivity index (χ1v) is 21.2. The third-order valence-corrected chi connectivity index (χ3v) is 12.4. The molecular formula is C60H39NO. The summed E-state index contributed by atoms with van der Waals surface area (Å²) in [6.45, 7) is 0. The second kappa shape index (κ2) is 14.8. The number of para-hydroxylation sites is 1. The Morgan fingerprint density at radius 2 is 0.758 bits per heavy atom. The number of nitrogens with zero attached hydrogens (tertiary/aromatic N) is 1. The van der Waals surface area contributed by atoms with Crippen LogP contribution in [0.3, 0.4) is 0 Å². The van der Waals surface area contributed by atoms with E-state index in [4.69, 9.17) is 4.42 Å². The molecule has 0 spiro atoms. The van der Waals surface area contributed by atoms with Crippen molar-refractivity contribution in [3.8, 4) is 44.5 Å². The number of rotatable bonds is 7. The van der Waals surface area contributed by atoms with Gasteiger partial charge < -0.3 is 9.32 Å². The van der Waals surface area contributed by atoms with Crippen LogP contribution in [0.25, 0.3) is 98.8 Å². The number of fused-ring (bicyclic) bond motifs is 6. The van der Waals surface area contributed by atoms with Crippen LogP contribution in [0.15, 0.2) is 241 Å². The van der Waals surface area contributed by atoms with E-state index in [2.05, 4.69) is 241 Å². The van der Waals surface area contributed by atoms with E-state index in [9.17, 15) is 0 Å². The SMILES string of the molecule is c1ccc(-c2cccc3c2oc2cc(N(c4ccc(-c5ccc6ccccc6c5)cc4)c4cc(-c5ccc6ccccc6c5)cc(-c5ccc6ccccc6c5)c4)ccc23)cc1. The van der Waals surface area contributed by atoms with Crippen LogP contribution in [0.5, 0.6) is 0 Å². The summed E-state index contributed by atoms with van der Waals surface area (Å²) in [5.74, 6) is 0. The highest BCUT2D eigenvalue weighted by molar-refractivity contribution is 6.10. The van der Waals surface area contributed by atoms with Crippen molar-refractivity contribution in [2.45, 2.75) is 0 Å². The zero-order valence-electron chi connectivity index (χ0n) is 33.9. The van der Waals surface area contributed by atoms with Crippen LogP contribution in [0.4, 0.5) is 17.1 Å². The fourth-order valence-electron chi connectivity index (χ4n) is 9.20. The molecule has 0 aliphatic heterocycles. The fourth-order valence-corrected chi connectivity index (χ4v) is 9.20. The molecule has 0 radical (unpaired) electrons. The van der Waals surface area contributed by atoms with Crippen molar-refractivity contribution in [1.82, 2.24) is 0 Å². The Labute approximate surface area is 360 Å². The quantitative estimate of drug-likeness (QED) is 0.160. The van der Waals surface area contributed by atoms with E-state index in [0.717, 1.165) is 61.3 Å². The van der Waals surface area contributed by atoms with Crippen LogP contribution < -0.4 is 4.90 Å². The molecule has 0 amide bonds. The molecule has 0 bridgehead atoms. The first-order valence-electron chi connectivity index (χ1n) is 21.2. The van der Waals surface area contributed by atoms with E-state index in [0.29, 0.717) is 0 Å². The van der Waals surface area contributed by atoms with Crippen molar-refractivity contribution in [3.05, 3.63) is 237 Å². The number of hydrogen-bond acceptors (Lipinski definition) is 2. The maximum absolute atomic E-state index is 6.85. The van der Waals surface area contributed by atoms with E-state index in [1.165, 1.54) is 54.6 Å². The van der Waals surface area contributed by atoms with E-state index >= 15 is 0 Å². The summed E-state index contributed by atoms with van der Waals surface area (Å²) in [5, 5.41) is 9.56.